The molecule has 0 saturated carbocycles. The van der Waals surface area contributed by atoms with Crippen LogP contribution in [0, 0.1) is 6.92 Å². The monoisotopic (exact) mass is 221 g/mol. The van der Waals surface area contributed by atoms with Crippen molar-refractivity contribution >= 4 is 5.69 Å². The molecule has 0 heterocycles. The number of aryl methyl sites for hydroxylation is 1. The Bertz CT molecular complexity index is 337. The Morgan fingerprint density at radius 2 is 2.06 bits per heavy atom. The van der Waals surface area contributed by atoms with E-state index in [2.05, 4.69) is 12.0 Å². The zero-order valence-corrected chi connectivity index (χ0v) is 10.2. The molecule has 0 aromatic heterocycles. The molecule has 3 nitrogen and oxygen atoms in total. The van der Waals surface area contributed by atoms with Crippen LogP contribution in [-0.2, 0) is 0 Å². The van der Waals surface area contributed by atoms with Crippen molar-refractivity contribution in [2.24, 2.45) is 5.11 Å². The maximum atomic E-state index is 5.68. The topological polar surface area (TPSA) is 47.2 Å². The molecule has 0 spiro atoms. The van der Waals surface area contributed by atoms with Crippen molar-refractivity contribution in [3.8, 4) is 5.75 Å². The summed E-state index contributed by atoms with van der Waals surface area (Å²) in [6.45, 7) is 4.98. The molecule has 0 atom stereocenters. The van der Waals surface area contributed by atoms with Gasteiger partial charge in [-0.25, -0.2) is 0 Å². The van der Waals surface area contributed by atoms with Crippen molar-refractivity contribution in [3.05, 3.63) is 23.8 Å². The number of hydrogen-bond donors (Lipinski definition) is 1. The maximum Gasteiger partial charge on any atom is 0.171 e. The van der Waals surface area contributed by atoms with Crippen LogP contribution < -0.4 is 10.3 Å². The minimum absolute atomic E-state index is 0.723. The van der Waals surface area contributed by atoms with Crippen molar-refractivity contribution in [3.63, 3.8) is 0 Å². The highest BCUT2D eigenvalue weighted by Gasteiger charge is 2.04. The molecule has 1 aromatic rings. The van der Waals surface area contributed by atoms with Gasteiger partial charge in [0.1, 0.15) is 0 Å². The average molecular weight is 221 g/mol. The quantitative estimate of drug-likeness (QED) is 0.558. The molecule has 0 bridgehead atoms. The number of nitrogens with zero attached hydrogens (tertiary/aromatic N) is 1. The van der Waals surface area contributed by atoms with E-state index in [1.807, 2.05) is 25.1 Å². The van der Waals surface area contributed by atoms with E-state index in [1.54, 1.807) is 0 Å². The predicted octanol–water partition coefficient (Wildman–Crippen LogP) is 2.80. The first-order chi connectivity index (χ1) is 7.77. The first-order valence-electron chi connectivity index (χ1n) is 5.92. The molecule has 88 valence electrons. The molecular weight excluding hydrogens is 200 g/mol. The average Bonchev–Trinajstić information content (AvgIpc) is 2.29. The van der Waals surface area contributed by atoms with Crippen LogP contribution in [0.3, 0.4) is 0 Å². The number of benzene rings is 1. The summed E-state index contributed by atoms with van der Waals surface area (Å²) < 4.78 is 5.68. The summed E-state index contributed by atoms with van der Waals surface area (Å²) in [7, 11) is 0. The van der Waals surface area contributed by atoms with Crippen molar-refractivity contribution in [1.29, 1.82) is 0 Å². The molecular formula is C13H21N2O+. The molecule has 0 aliphatic carbocycles. The first kappa shape index (κ1) is 12.7. The molecule has 3 heteroatoms. The Balaban J connectivity index is 2.45. The van der Waals surface area contributed by atoms with Gasteiger partial charge in [-0.05, 0) is 36.2 Å². The molecule has 1 aromatic carbocycles. The van der Waals surface area contributed by atoms with E-state index in [0.29, 0.717) is 0 Å². The highest BCUT2D eigenvalue weighted by atomic mass is 16.5. The Morgan fingerprint density at radius 3 is 2.75 bits per heavy atom. The smallest absolute Gasteiger partial charge is 0.171 e. The lowest BCUT2D eigenvalue weighted by Gasteiger charge is -2.07. The Kier molecular flexibility index (Phi) is 5.54. The largest absolute Gasteiger partial charge is 0.491 e. The minimum Gasteiger partial charge on any atom is -0.491 e. The van der Waals surface area contributed by atoms with Gasteiger partial charge in [-0.1, -0.05) is 32.3 Å². The Hall–Kier alpha value is -1.38. The van der Waals surface area contributed by atoms with Gasteiger partial charge in [0.15, 0.2) is 11.4 Å². The normalized spacial score (nSPS) is 10.1. The molecule has 16 heavy (non-hydrogen) atoms. The molecule has 2 N–H and O–H groups in total. The van der Waals surface area contributed by atoms with Gasteiger partial charge in [0, 0.05) is 0 Å². The van der Waals surface area contributed by atoms with Gasteiger partial charge >= 0.3 is 0 Å². The summed E-state index contributed by atoms with van der Waals surface area (Å²) in [4.78, 5) is 0. The number of rotatable bonds is 7. The van der Waals surface area contributed by atoms with Gasteiger partial charge in [0.05, 0.1) is 6.61 Å². The summed E-state index contributed by atoms with van der Waals surface area (Å²) in [5.41, 5.74) is 7.18. The predicted molar refractivity (Wildman–Crippen MR) is 64.8 cm³/mol. The molecule has 0 unspecified atom stereocenters. The lowest BCUT2D eigenvalue weighted by Crippen LogP contribution is -2.22. The minimum atomic E-state index is 0.723. The van der Waals surface area contributed by atoms with E-state index in [-0.39, 0.29) is 0 Å². The molecule has 0 aliphatic heterocycles. The summed E-state index contributed by atoms with van der Waals surface area (Å²) in [6, 6.07) is 5.85. The second-order valence-electron chi connectivity index (χ2n) is 4.01. The molecule has 1 rings (SSSR count). The van der Waals surface area contributed by atoms with E-state index in [4.69, 9.17) is 10.3 Å². The van der Waals surface area contributed by atoms with Gasteiger partial charge in [-0.3, -0.25) is 0 Å². The molecule has 0 aliphatic rings. The zero-order valence-electron chi connectivity index (χ0n) is 10.2. The maximum absolute atomic E-state index is 5.68. The summed E-state index contributed by atoms with van der Waals surface area (Å²) in [6.07, 6.45) is 4.82. The number of hydrogen-bond acceptors (Lipinski definition) is 2. The fourth-order valence-corrected chi connectivity index (χ4v) is 1.55. The van der Waals surface area contributed by atoms with E-state index in [9.17, 15) is 0 Å². The zero-order chi connectivity index (χ0) is 11.8. The van der Waals surface area contributed by atoms with E-state index < -0.39 is 0 Å². The lowest BCUT2D eigenvalue weighted by atomic mass is 10.2. The Morgan fingerprint density at radius 1 is 1.25 bits per heavy atom. The fourth-order valence-electron chi connectivity index (χ4n) is 1.55. The Labute approximate surface area is 97.3 Å². The van der Waals surface area contributed by atoms with Crippen LogP contribution in [0.15, 0.2) is 23.3 Å². The van der Waals surface area contributed by atoms with Gasteiger partial charge in [-0.2, -0.15) is 5.53 Å². The summed E-state index contributed by atoms with van der Waals surface area (Å²) in [5, 5.41) is 3.70. The van der Waals surface area contributed by atoms with Crippen molar-refractivity contribution in [1.82, 2.24) is 0 Å². The van der Waals surface area contributed by atoms with Crippen LogP contribution in [-0.4, -0.2) is 6.61 Å². The summed E-state index contributed by atoms with van der Waals surface area (Å²) in [5.74, 6) is 0.791. The second-order valence-corrected chi connectivity index (χ2v) is 4.01. The van der Waals surface area contributed by atoms with Crippen LogP contribution in [0.5, 0.6) is 5.75 Å². The number of ether oxygens (including phenoxy) is 1. The third-order valence-electron chi connectivity index (χ3n) is 2.51. The first-order valence-corrected chi connectivity index (χ1v) is 5.92. The van der Waals surface area contributed by atoms with Gasteiger partial charge in [0.2, 0.25) is 0 Å². The highest BCUT2D eigenvalue weighted by molar-refractivity contribution is 5.52. The van der Waals surface area contributed by atoms with E-state index >= 15 is 0 Å². The van der Waals surface area contributed by atoms with Crippen molar-refractivity contribution in [2.75, 3.05) is 6.61 Å². The van der Waals surface area contributed by atoms with Crippen molar-refractivity contribution < 1.29 is 10.3 Å². The highest BCUT2D eigenvalue weighted by Crippen LogP contribution is 2.27. The number of unbranched alkanes of at least 4 members (excludes halogenated alkanes) is 3. The molecule has 0 radical (unpaired) electrons. The summed E-state index contributed by atoms with van der Waals surface area (Å²) >= 11 is 0. The van der Waals surface area contributed by atoms with Crippen molar-refractivity contribution in [2.45, 2.75) is 39.5 Å². The van der Waals surface area contributed by atoms with Gasteiger partial charge in [-0.15, -0.1) is 0 Å². The standard InChI is InChI=1S/C13H20N2O/c1-3-4-5-6-9-16-13-10-11(2)7-8-12(13)15-14/h7-8,10,14H,3-6,9H2,1-2H3/p+1. The fraction of sp³-hybridized carbons (Fsp3) is 0.538. The molecule has 0 saturated heterocycles. The van der Waals surface area contributed by atoms with Crippen LogP contribution >= 0.6 is 0 Å². The second kappa shape index (κ2) is 6.99. The van der Waals surface area contributed by atoms with Crippen LogP contribution in [0.4, 0.5) is 5.69 Å². The van der Waals surface area contributed by atoms with E-state index in [0.717, 1.165) is 30.0 Å². The van der Waals surface area contributed by atoms with Gasteiger partial charge in [0.25, 0.3) is 0 Å². The van der Waals surface area contributed by atoms with Gasteiger partial charge < -0.3 is 4.74 Å². The SMILES string of the molecule is CCCCCCOc1cc(C)ccc1N=[NH2+]. The van der Waals surface area contributed by atoms with E-state index in [1.165, 1.54) is 19.3 Å². The van der Waals surface area contributed by atoms with Crippen LogP contribution in [0.2, 0.25) is 0 Å². The van der Waals surface area contributed by atoms with Crippen LogP contribution in [0.25, 0.3) is 0 Å². The third-order valence-corrected chi connectivity index (χ3v) is 2.51. The molecule has 0 fully saturated rings. The lowest BCUT2D eigenvalue weighted by molar-refractivity contribution is -0.210. The molecule has 0 amide bonds. The third kappa shape index (κ3) is 4.01. The number of nitrogens with two attached hydrogens (primary N) is 1. The van der Waals surface area contributed by atoms with Crippen LogP contribution in [0.1, 0.15) is 38.2 Å².